The van der Waals surface area contributed by atoms with Gasteiger partial charge in [-0.2, -0.15) is 0 Å². The minimum absolute atomic E-state index is 1.35. The second-order valence-electron chi connectivity index (χ2n) is 3.10. The molecule has 0 bridgehead atoms. The number of benzene rings is 1. The Bertz CT molecular complexity index is 241. The van der Waals surface area contributed by atoms with Crippen LogP contribution in [-0.2, 0) is 0 Å². The van der Waals surface area contributed by atoms with Gasteiger partial charge in [-0.1, -0.05) is 41.1 Å². The largest absolute Gasteiger partial charge is 0.148 e. The van der Waals surface area contributed by atoms with Crippen LogP contribution in [0.25, 0.3) is 0 Å². The van der Waals surface area contributed by atoms with Crippen molar-refractivity contribution in [3.8, 4) is 0 Å². The van der Waals surface area contributed by atoms with Gasteiger partial charge < -0.3 is 0 Å². The van der Waals surface area contributed by atoms with Gasteiger partial charge in [0.1, 0.15) is 7.28 Å². The average molecular weight is 145 g/mol. The Morgan fingerprint density at radius 3 is 1.82 bits per heavy atom. The molecule has 0 fully saturated rings. The van der Waals surface area contributed by atoms with E-state index in [2.05, 4.69) is 47.0 Å². The molecule has 0 amide bonds. The fourth-order valence-electron chi connectivity index (χ4n) is 1.65. The summed E-state index contributed by atoms with van der Waals surface area (Å²) in [6.45, 7) is 8.55. The average Bonchev–Trinajstić information content (AvgIpc) is 1.85. The normalized spacial score (nSPS) is 9.82. The highest BCUT2D eigenvalue weighted by atomic mass is 14.0. The predicted molar refractivity (Wildman–Crippen MR) is 51.9 cm³/mol. The predicted octanol–water partition coefficient (Wildman–Crippen LogP) is 1.99. The summed E-state index contributed by atoms with van der Waals surface area (Å²) in [5, 5.41) is 0. The molecule has 0 saturated heterocycles. The zero-order chi connectivity index (χ0) is 8.43. The van der Waals surface area contributed by atoms with E-state index < -0.39 is 0 Å². The highest BCUT2D eigenvalue weighted by Crippen LogP contribution is 2.04. The van der Waals surface area contributed by atoms with E-state index in [1.807, 2.05) is 0 Å². The molecule has 0 spiro atoms. The molecule has 0 heterocycles. The molecule has 0 unspecified atom stereocenters. The molecule has 0 aromatic heterocycles. The Hall–Kier alpha value is -0.715. The van der Waals surface area contributed by atoms with E-state index in [0.717, 1.165) is 0 Å². The molecule has 0 saturated carbocycles. The summed E-state index contributed by atoms with van der Waals surface area (Å²) < 4.78 is 0. The van der Waals surface area contributed by atoms with Gasteiger partial charge >= 0.3 is 0 Å². The Balaban J connectivity index is 3.25. The van der Waals surface area contributed by atoms with Crippen LogP contribution < -0.4 is 5.46 Å². The summed E-state index contributed by atoms with van der Waals surface area (Å²) in [7, 11) is 2.17. The van der Waals surface area contributed by atoms with Crippen molar-refractivity contribution in [1.82, 2.24) is 0 Å². The Morgan fingerprint density at radius 2 is 1.45 bits per heavy atom. The summed E-state index contributed by atoms with van der Waals surface area (Å²) in [6, 6.07) is 4.45. The van der Waals surface area contributed by atoms with Crippen LogP contribution in [0.2, 0.25) is 6.82 Å². The standard InChI is InChI=1S/C10H14B/c1-7-5-8(2)10(11-4)9(3)6-7/h5-6H,1-4H3. The second-order valence-corrected chi connectivity index (χ2v) is 3.10. The van der Waals surface area contributed by atoms with Crippen LogP contribution in [0.15, 0.2) is 12.1 Å². The number of aryl methyl sites for hydroxylation is 3. The van der Waals surface area contributed by atoms with Gasteiger partial charge in [-0.15, -0.1) is 0 Å². The van der Waals surface area contributed by atoms with Gasteiger partial charge in [-0.05, 0) is 20.8 Å². The highest BCUT2D eigenvalue weighted by Gasteiger charge is 2.00. The fraction of sp³-hybridized carbons (Fsp3) is 0.400. The lowest BCUT2D eigenvalue weighted by molar-refractivity contribution is 1.35. The molecule has 0 aliphatic heterocycles. The first-order chi connectivity index (χ1) is 5.15. The van der Waals surface area contributed by atoms with Crippen molar-refractivity contribution in [2.24, 2.45) is 0 Å². The topological polar surface area (TPSA) is 0 Å². The van der Waals surface area contributed by atoms with E-state index in [9.17, 15) is 0 Å². The number of hydrogen-bond donors (Lipinski definition) is 0. The lowest BCUT2D eigenvalue weighted by Crippen LogP contribution is -2.18. The van der Waals surface area contributed by atoms with Gasteiger partial charge in [0, 0.05) is 0 Å². The summed E-state index contributed by atoms with van der Waals surface area (Å²) in [5.74, 6) is 0. The van der Waals surface area contributed by atoms with Crippen molar-refractivity contribution < 1.29 is 0 Å². The zero-order valence-corrected chi connectivity index (χ0v) is 7.73. The Kier molecular flexibility index (Phi) is 2.38. The third kappa shape index (κ3) is 1.65. The molecule has 0 aliphatic rings. The second kappa shape index (κ2) is 3.12. The number of rotatable bonds is 1. The van der Waals surface area contributed by atoms with E-state index in [-0.39, 0.29) is 0 Å². The first-order valence-corrected chi connectivity index (χ1v) is 4.02. The van der Waals surface area contributed by atoms with Crippen LogP contribution in [-0.4, -0.2) is 7.28 Å². The summed E-state index contributed by atoms with van der Waals surface area (Å²) in [6.07, 6.45) is 0. The number of hydrogen-bond acceptors (Lipinski definition) is 0. The van der Waals surface area contributed by atoms with E-state index >= 15 is 0 Å². The van der Waals surface area contributed by atoms with Gasteiger partial charge in [0.15, 0.2) is 0 Å². The van der Waals surface area contributed by atoms with Crippen molar-refractivity contribution in [2.45, 2.75) is 27.6 Å². The third-order valence-electron chi connectivity index (χ3n) is 2.03. The molecular weight excluding hydrogens is 131 g/mol. The maximum absolute atomic E-state index is 2.22. The molecule has 0 aliphatic carbocycles. The molecular formula is C10H14B. The van der Waals surface area contributed by atoms with Crippen molar-refractivity contribution in [3.63, 3.8) is 0 Å². The SMILES string of the molecule is C[B]c1c(C)cc(C)cc1C. The molecule has 57 valence electrons. The van der Waals surface area contributed by atoms with Gasteiger partial charge in [0.05, 0.1) is 0 Å². The van der Waals surface area contributed by atoms with Crippen molar-refractivity contribution in [2.75, 3.05) is 0 Å². The van der Waals surface area contributed by atoms with Gasteiger partial charge in [-0.3, -0.25) is 0 Å². The minimum Gasteiger partial charge on any atom is -0.0872 e. The molecule has 1 aromatic rings. The third-order valence-corrected chi connectivity index (χ3v) is 2.03. The summed E-state index contributed by atoms with van der Waals surface area (Å²) >= 11 is 0. The Morgan fingerprint density at radius 1 is 1.00 bits per heavy atom. The van der Waals surface area contributed by atoms with Crippen LogP contribution >= 0.6 is 0 Å². The van der Waals surface area contributed by atoms with Crippen LogP contribution in [0.5, 0.6) is 0 Å². The highest BCUT2D eigenvalue weighted by molar-refractivity contribution is 6.53. The van der Waals surface area contributed by atoms with Crippen LogP contribution in [0.3, 0.4) is 0 Å². The molecule has 1 heteroatoms. The molecule has 0 N–H and O–H groups in total. The molecule has 11 heavy (non-hydrogen) atoms. The lowest BCUT2D eigenvalue weighted by atomic mass is 9.68. The van der Waals surface area contributed by atoms with Crippen LogP contribution in [0.1, 0.15) is 16.7 Å². The zero-order valence-electron chi connectivity index (χ0n) is 7.73. The van der Waals surface area contributed by atoms with Crippen LogP contribution in [0, 0.1) is 20.8 Å². The first kappa shape index (κ1) is 8.38. The Labute approximate surface area is 69.9 Å². The molecule has 0 nitrogen and oxygen atoms in total. The maximum atomic E-state index is 2.22. The molecule has 1 aromatic carbocycles. The van der Waals surface area contributed by atoms with E-state index in [1.54, 1.807) is 0 Å². The van der Waals surface area contributed by atoms with E-state index in [1.165, 1.54) is 22.2 Å². The molecule has 1 radical (unpaired) electrons. The summed E-state index contributed by atoms with van der Waals surface area (Å²) in [4.78, 5) is 0. The van der Waals surface area contributed by atoms with E-state index in [0.29, 0.717) is 0 Å². The summed E-state index contributed by atoms with van der Waals surface area (Å²) in [5.41, 5.74) is 5.50. The van der Waals surface area contributed by atoms with E-state index in [4.69, 9.17) is 0 Å². The van der Waals surface area contributed by atoms with Crippen LogP contribution in [0.4, 0.5) is 0 Å². The first-order valence-electron chi connectivity index (χ1n) is 4.02. The van der Waals surface area contributed by atoms with Crippen molar-refractivity contribution in [1.29, 1.82) is 0 Å². The smallest absolute Gasteiger partial charge is 0.0872 e. The molecule has 0 atom stereocenters. The lowest BCUT2D eigenvalue weighted by Gasteiger charge is -2.07. The van der Waals surface area contributed by atoms with Crippen molar-refractivity contribution in [3.05, 3.63) is 28.8 Å². The monoisotopic (exact) mass is 145 g/mol. The minimum atomic E-state index is 1.35. The van der Waals surface area contributed by atoms with Gasteiger partial charge in [-0.25, -0.2) is 0 Å². The van der Waals surface area contributed by atoms with Gasteiger partial charge in [0.25, 0.3) is 0 Å². The van der Waals surface area contributed by atoms with Gasteiger partial charge in [0.2, 0.25) is 0 Å². The molecule has 1 rings (SSSR count). The fourth-order valence-corrected chi connectivity index (χ4v) is 1.65. The quantitative estimate of drug-likeness (QED) is 0.530. The maximum Gasteiger partial charge on any atom is 0.148 e. The van der Waals surface area contributed by atoms with Crippen molar-refractivity contribution >= 4 is 12.7 Å².